The van der Waals surface area contributed by atoms with Crippen molar-refractivity contribution in [1.29, 1.82) is 0 Å². The van der Waals surface area contributed by atoms with Gasteiger partial charge in [0.25, 0.3) is 0 Å². The number of ketones is 1. The van der Waals surface area contributed by atoms with E-state index in [9.17, 15) is 4.79 Å². The van der Waals surface area contributed by atoms with Gasteiger partial charge in [0.2, 0.25) is 0 Å². The van der Waals surface area contributed by atoms with E-state index in [2.05, 4.69) is 12.1 Å². The van der Waals surface area contributed by atoms with Crippen LogP contribution in [0.15, 0.2) is 60.7 Å². The fourth-order valence-electron chi connectivity index (χ4n) is 4.29. The first kappa shape index (κ1) is 19.8. The summed E-state index contributed by atoms with van der Waals surface area (Å²) in [7, 11) is 6.37. The molecule has 2 atom stereocenters. The number of methoxy groups -OCH3 is 4. The molecule has 0 heterocycles. The molecule has 0 saturated carbocycles. The van der Waals surface area contributed by atoms with Crippen LogP contribution in [0.1, 0.15) is 38.9 Å². The number of rotatable bonds is 6. The van der Waals surface area contributed by atoms with Gasteiger partial charge < -0.3 is 18.9 Å². The van der Waals surface area contributed by atoms with Gasteiger partial charge in [0.05, 0.1) is 34.4 Å². The van der Waals surface area contributed by atoms with E-state index >= 15 is 0 Å². The molecule has 0 unspecified atom stereocenters. The van der Waals surface area contributed by atoms with Crippen LogP contribution in [0, 0.1) is 0 Å². The Kier molecular flexibility index (Phi) is 5.36. The van der Waals surface area contributed by atoms with Crippen molar-refractivity contribution in [3.8, 4) is 23.0 Å². The molecule has 0 spiro atoms. The van der Waals surface area contributed by atoms with Crippen molar-refractivity contribution in [3.63, 3.8) is 0 Å². The summed E-state index contributed by atoms with van der Waals surface area (Å²) in [4.78, 5) is 13.6. The van der Waals surface area contributed by atoms with E-state index in [1.165, 1.54) is 0 Å². The molecule has 0 amide bonds. The lowest BCUT2D eigenvalue weighted by atomic mass is 9.81. The molecule has 3 aromatic rings. The Morgan fingerprint density at radius 1 is 0.600 bits per heavy atom. The average molecular weight is 404 g/mol. The second-order valence-corrected chi connectivity index (χ2v) is 7.14. The van der Waals surface area contributed by atoms with Gasteiger partial charge in [0.1, 0.15) is 0 Å². The van der Waals surface area contributed by atoms with Gasteiger partial charge in [-0.15, -0.1) is 0 Å². The van der Waals surface area contributed by atoms with Crippen molar-refractivity contribution in [2.45, 2.75) is 11.8 Å². The van der Waals surface area contributed by atoms with Gasteiger partial charge in [-0.05, 0) is 41.0 Å². The number of carbonyl (C=O) groups is 1. The average Bonchev–Trinajstić information content (AvgIpc) is 3.09. The van der Waals surface area contributed by atoms with Crippen LogP contribution in [-0.2, 0) is 0 Å². The predicted molar refractivity (Wildman–Crippen MR) is 114 cm³/mol. The van der Waals surface area contributed by atoms with Crippen LogP contribution in [0.25, 0.3) is 0 Å². The highest BCUT2D eigenvalue weighted by Crippen LogP contribution is 2.51. The van der Waals surface area contributed by atoms with Gasteiger partial charge in [-0.3, -0.25) is 4.79 Å². The summed E-state index contributed by atoms with van der Waals surface area (Å²) in [6.07, 6.45) is 0. The van der Waals surface area contributed by atoms with E-state index in [4.69, 9.17) is 18.9 Å². The Morgan fingerprint density at radius 3 is 1.83 bits per heavy atom. The molecule has 5 heteroatoms. The monoisotopic (exact) mass is 404 g/mol. The van der Waals surface area contributed by atoms with Crippen molar-refractivity contribution >= 4 is 5.78 Å². The Balaban J connectivity index is 1.92. The van der Waals surface area contributed by atoms with E-state index in [1.807, 2.05) is 42.5 Å². The molecule has 30 heavy (non-hydrogen) atoms. The van der Waals surface area contributed by atoms with Gasteiger partial charge in [0.15, 0.2) is 28.8 Å². The first-order chi connectivity index (χ1) is 14.6. The molecule has 154 valence electrons. The van der Waals surface area contributed by atoms with Crippen LogP contribution < -0.4 is 18.9 Å². The third-order valence-corrected chi connectivity index (χ3v) is 5.70. The largest absolute Gasteiger partial charge is 0.493 e. The standard InChI is InChI=1S/C25H24O5/c1-27-19-11-10-16(12-20(19)28-2)24-23(15-8-6-5-7-9-15)17-13-21(29-3)22(30-4)14-18(17)25(24)26/h5-14,23-24H,1-4H3/t23-,24+/m0/s1. The first-order valence-corrected chi connectivity index (χ1v) is 9.70. The highest BCUT2D eigenvalue weighted by Gasteiger charge is 2.42. The van der Waals surface area contributed by atoms with Crippen LogP contribution in [-0.4, -0.2) is 34.2 Å². The molecule has 1 aliphatic rings. The molecule has 3 aromatic carbocycles. The molecular formula is C25H24O5. The van der Waals surface area contributed by atoms with Gasteiger partial charge in [-0.2, -0.15) is 0 Å². The summed E-state index contributed by atoms with van der Waals surface area (Å²) in [6.45, 7) is 0. The second kappa shape index (κ2) is 8.11. The molecular weight excluding hydrogens is 380 g/mol. The van der Waals surface area contributed by atoms with Crippen molar-refractivity contribution in [3.05, 3.63) is 82.9 Å². The van der Waals surface area contributed by atoms with Crippen LogP contribution in [0.5, 0.6) is 23.0 Å². The maximum Gasteiger partial charge on any atom is 0.171 e. The lowest BCUT2D eigenvalue weighted by molar-refractivity contribution is 0.0968. The minimum Gasteiger partial charge on any atom is -0.493 e. The maximum absolute atomic E-state index is 13.6. The summed E-state index contributed by atoms with van der Waals surface area (Å²) < 4.78 is 21.8. The number of hydrogen-bond acceptors (Lipinski definition) is 5. The highest BCUT2D eigenvalue weighted by molar-refractivity contribution is 6.07. The molecule has 0 saturated heterocycles. The topological polar surface area (TPSA) is 54.0 Å². The molecule has 0 N–H and O–H groups in total. The Labute approximate surface area is 176 Å². The van der Waals surface area contributed by atoms with Gasteiger partial charge in [-0.1, -0.05) is 36.4 Å². The predicted octanol–water partition coefficient (Wildman–Crippen LogP) is 4.83. The number of carbonyl (C=O) groups excluding carboxylic acids is 1. The summed E-state index contributed by atoms with van der Waals surface area (Å²) >= 11 is 0. The minimum atomic E-state index is -0.390. The lowest BCUT2D eigenvalue weighted by Gasteiger charge is -2.21. The smallest absolute Gasteiger partial charge is 0.171 e. The third kappa shape index (κ3) is 3.16. The van der Waals surface area contributed by atoms with E-state index < -0.39 is 0 Å². The van der Waals surface area contributed by atoms with Gasteiger partial charge >= 0.3 is 0 Å². The van der Waals surface area contributed by atoms with Crippen LogP contribution in [0.3, 0.4) is 0 Å². The fraction of sp³-hybridized carbons (Fsp3) is 0.240. The molecule has 0 aliphatic heterocycles. The fourth-order valence-corrected chi connectivity index (χ4v) is 4.29. The molecule has 0 bridgehead atoms. The van der Waals surface area contributed by atoms with Gasteiger partial charge in [0, 0.05) is 11.5 Å². The number of benzene rings is 3. The zero-order valence-corrected chi connectivity index (χ0v) is 17.5. The number of hydrogen-bond donors (Lipinski definition) is 0. The SMILES string of the molecule is COc1ccc([C@H]2C(=O)c3cc(OC)c(OC)cc3[C@@H]2c2ccccc2)cc1OC. The summed E-state index contributed by atoms with van der Waals surface area (Å²) in [5.41, 5.74) is 3.53. The molecule has 5 nitrogen and oxygen atoms in total. The quantitative estimate of drug-likeness (QED) is 0.589. The lowest BCUT2D eigenvalue weighted by Crippen LogP contribution is -2.13. The Bertz CT molecular complexity index is 1070. The van der Waals surface area contributed by atoms with Crippen molar-refractivity contribution in [2.24, 2.45) is 0 Å². The number of fused-ring (bicyclic) bond motifs is 1. The minimum absolute atomic E-state index is 0.0482. The first-order valence-electron chi connectivity index (χ1n) is 9.70. The normalized spacial score (nSPS) is 17.4. The highest BCUT2D eigenvalue weighted by atomic mass is 16.5. The van der Waals surface area contributed by atoms with E-state index in [1.54, 1.807) is 34.5 Å². The third-order valence-electron chi connectivity index (χ3n) is 5.70. The van der Waals surface area contributed by atoms with E-state index in [-0.39, 0.29) is 17.6 Å². The van der Waals surface area contributed by atoms with E-state index in [0.29, 0.717) is 28.6 Å². The van der Waals surface area contributed by atoms with Crippen LogP contribution in [0.4, 0.5) is 0 Å². The summed E-state index contributed by atoms with van der Waals surface area (Å²) in [5.74, 6) is 1.89. The summed E-state index contributed by atoms with van der Waals surface area (Å²) in [6, 6.07) is 19.4. The van der Waals surface area contributed by atoms with Crippen LogP contribution in [0.2, 0.25) is 0 Å². The van der Waals surface area contributed by atoms with Crippen molar-refractivity contribution in [2.75, 3.05) is 28.4 Å². The molecule has 0 radical (unpaired) electrons. The molecule has 0 aromatic heterocycles. The summed E-state index contributed by atoms with van der Waals surface area (Å²) in [5, 5.41) is 0. The number of ether oxygens (including phenoxy) is 4. The van der Waals surface area contributed by atoms with Crippen molar-refractivity contribution < 1.29 is 23.7 Å². The second-order valence-electron chi connectivity index (χ2n) is 7.14. The number of Topliss-reactive ketones (excluding diaryl/α,β-unsaturated/α-hetero) is 1. The zero-order chi connectivity index (χ0) is 21.3. The van der Waals surface area contributed by atoms with Gasteiger partial charge in [-0.25, -0.2) is 0 Å². The Morgan fingerprint density at radius 2 is 1.20 bits per heavy atom. The molecule has 0 fully saturated rings. The van der Waals surface area contributed by atoms with Crippen molar-refractivity contribution in [1.82, 2.24) is 0 Å². The maximum atomic E-state index is 13.6. The molecule has 1 aliphatic carbocycles. The zero-order valence-electron chi connectivity index (χ0n) is 17.5. The molecule has 4 rings (SSSR count). The van der Waals surface area contributed by atoms with Crippen LogP contribution >= 0.6 is 0 Å². The van der Waals surface area contributed by atoms with E-state index in [0.717, 1.165) is 16.7 Å². The Hall–Kier alpha value is -3.47.